The quantitative estimate of drug-likeness (QED) is 0.173. The molecular weight excluding hydrogens is 829 g/mol. The summed E-state index contributed by atoms with van der Waals surface area (Å²) in [5.74, 6) is 1.91. The molecule has 0 fully saturated rings. The van der Waals surface area contributed by atoms with Crippen molar-refractivity contribution in [2.24, 2.45) is 0 Å². The first-order chi connectivity index (χ1) is 32.2. The topological polar surface area (TPSA) is 43.6 Å². The van der Waals surface area contributed by atoms with Crippen LogP contribution < -0.4 is 0 Å². The Balaban J connectivity index is 1.11. The van der Waals surface area contributed by atoms with Crippen LogP contribution in [0.2, 0.25) is 0 Å². The summed E-state index contributed by atoms with van der Waals surface area (Å²) in [6.07, 6.45) is 0. The molecule has 0 aliphatic heterocycles. The standard InChI is InChI=1S/C59H34N4S2/c1-2-15-35(16-3-1)57-60-58(62-59(61-57)45-24-14-28-53-54(45)43-22-9-12-26-51(43)64-53)42-30-29-39(63-49-25-11-8-21-41(49)47-31-36-17-4-5-18-37(36)33-50(47)63)34-46(42)48-32-38-19-6-7-20-40(38)56-55(48)44-23-10-13-27-52(44)65-56/h1-34H. The third kappa shape index (κ3) is 5.64. The summed E-state index contributed by atoms with van der Waals surface area (Å²) in [6.45, 7) is 0. The molecule has 0 unspecified atom stereocenters. The first-order valence-electron chi connectivity index (χ1n) is 21.8. The number of nitrogens with zero attached hydrogens (tertiary/aromatic N) is 4. The van der Waals surface area contributed by atoms with E-state index in [1.807, 2.05) is 29.5 Å². The van der Waals surface area contributed by atoms with Crippen molar-refractivity contribution in [3.8, 4) is 51.0 Å². The smallest absolute Gasteiger partial charge is 0.164 e. The summed E-state index contributed by atoms with van der Waals surface area (Å²) < 4.78 is 7.42. The van der Waals surface area contributed by atoms with Crippen LogP contribution in [0.15, 0.2) is 206 Å². The number of benzene rings is 10. The minimum Gasteiger partial charge on any atom is -0.309 e. The molecular formula is C59H34N4S2. The molecule has 0 aliphatic rings. The lowest BCUT2D eigenvalue weighted by atomic mass is 9.91. The molecule has 0 radical (unpaired) electrons. The van der Waals surface area contributed by atoms with Crippen LogP contribution in [0.4, 0.5) is 0 Å². The van der Waals surface area contributed by atoms with E-state index in [-0.39, 0.29) is 0 Å². The fraction of sp³-hybridized carbons (Fsp3) is 0. The van der Waals surface area contributed by atoms with Crippen LogP contribution in [0.25, 0.3) is 135 Å². The van der Waals surface area contributed by atoms with Crippen molar-refractivity contribution in [2.75, 3.05) is 0 Å². The second kappa shape index (κ2) is 14.2. The molecule has 14 rings (SSSR count). The van der Waals surface area contributed by atoms with Crippen LogP contribution in [0, 0.1) is 0 Å². The van der Waals surface area contributed by atoms with Gasteiger partial charge in [-0.05, 0) is 93.3 Å². The van der Waals surface area contributed by atoms with E-state index in [2.05, 4.69) is 193 Å². The van der Waals surface area contributed by atoms with Gasteiger partial charge in [0.2, 0.25) is 0 Å². The fourth-order valence-electron chi connectivity index (χ4n) is 10.1. The Labute approximate surface area is 381 Å². The Morgan fingerprint density at radius 1 is 0.323 bits per heavy atom. The molecule has 0 atom stereocenters. The van der Waals surface area contributed by atoms with E-state index < -0.39 is 0 Å². The third-order valence-corrected chi connectivity index (χ3v) is 15.4. The summed E-state index contributed by atoms with van der Waals surface area (Å²) in [5.41, 5.74) is 8.47. The molecule has 0 bridgehead atoms. The molecule has 0 saturated heterocycles. The van der Waals surface area contributed by atoms with Gasteiger partial charge in [-0.2, -0.15) is 0 Å². The van der Waals surface area contributed by atoms with Gasteiger partial charge in [0.1, 0.15) is 0 Å². The highest BCUT2D eigenvalue weighted by atomic mass is 32.1. The Kier molecular flexibility index (Phi) is 7.99. The molecule has 0 saturated carbocycles. The van der Waals surface area contributed by atoms with Crippen LogP contribution in [0.1, 0.15) is 0 Å². The molecule has 4 nitrogen and oxygen atoms in total. The van der Waals surface area contributed by atoms with Crippen molar-refractivity contribution in [3.63, 3.8) is 0 Å². The normalized spacial score (nSPS) is 12.0. The second-order valence-electron chi connectivity index (χ2n) is 16.7. The van der Waals surface area contributed by atoms with E-state index in [4.69, 9.17) is 15.0 Å². The summed E-state index contributed by atoms with van der Waals surface area (Å²) in [5, 5.41) is 12.2. The first-order valence-corrected chi connectivity index (χ1v) is 23.5. The first kappa shape index (κ1) is 36.5. The van der Waals surface area contributed by atoms with Crippen LogP contribution in [-0.4, -0.2) is 19.5 Å². The Morgan fingerprint density at radius 2 is 0.938 bits per heavy atom. The van der Waals surface area contributed by atoms with Gasteiger partial charge in [-0.15, -0.1) is 22.7 Å². The zero-order chi connectivity index (χ0) is 42.6. The maximum atomic E-state index is 5.52. The summed E-state index contributed by atoms with van der Waals surface area (Å²) in [7, 11) is 0. The Morgan fingerprint density at radius 3 is 1.75 bits per heavy atom. The minimum absolute atomic E-state index is 0.626. The molecule has 0 spiro atoms. The van der Waals surface area contributed by atoms with Crippen molar-refractivity contribution in [1.29, 1.82) is 0 Å². The Hall–Kier alpha value is -8.03. The lowest BCUT2D eigenvalue weighted by Gasteiger charge is -2.17. The van der Waals surface area contributed by atoms with Crippen molar-refractivity contribution >= 4 is 106 Å². The molecule has 10 aromatic carbocycles. The van der Waals surface area contributed by atoms with E-state index in [0.29, 0.717) is 17.5 Å². The van der Waals surface area contributed by atoms with Gasteiger partial charge < -0.3 is 4.57 Å². The highest BCUT2D eigenvalue weighted by molar-refractivity contribution is 7.27. The molecule has 4 aromatic heterocycles. The molecule has 0 aliphatic carbocycles. The largest absolute Gasteiger partial charge is 0.309 e. The summed E-state index contributed by atoms with van der Waals surface area (Å²) in [6, 6.07) is 74.5. The van der Waals surface area contributed by atoms with E-state index >= 15 is 0 Å². The van der Waals surface area contributed by atoms with E-state index in [9.17, 15) is 0 Å². The van der Waals surface area contributed by atoms with Gasteiger partial charge in [0.05, 0.1) is 11.0 Å². The molecule has 0 N–H and O–H groups in total. The second-order valence-corrected chi connectivity index (χ2v) is 18.8. The summed E-state index contributed by atoms with van der Waals surface area (Å²) in [4.78, 5) is 16.2. The van der Waals surface area contributed by atoms with Gasteiger partial charge in [0.15, 0.2) is 17.5 Å². The van der Waals surface area contributed by atoms with Crippen molar-refractivity contribution in [3.05, 3.63) is 206 Å². The number of aromatic nitrogens is 4. The predicted molar refractivity (Wildman–Crippen MR) is 277 cm³/mol. The van der Waals surface area contributed by atoms with Gasteiger partial charge in [0.25, 0.3) is 0 Å². The molecule has 65 heavy (non-hydrogen) atoms. The van der Waals surface area contributed by atoms with Gasteiger partial charge in [0, 0.05) is 73.5 Å². The lowest BCUT2D eigenvalue weighted by molar-refractivity contribution is 1.08. The highest BCUT2D eigenvalue weighted by Gasteiger charge is 2.23. The van der Waals surface area contributed by atoms with Gasteiger partial charge >= 0.3 is 0 Å². The van der Waals surface area contributed by atoms with Crippen molar-refractivity contribution < 1.29 is 0 Å². The third-order valence-electron chi connectivity index (χ3n) is 13.0. The van der Waals surface area contributed by atoms with Crippen LogP contribution in [0.3, 0.4) is 0 Å². The zero-order valence-electron chi connectivity index (χ0n) is 34.7. The van der Waals surface area contributed by atoms with Crippen LogP contribution in [-0.2, 0) is 0 Å². The molecule has 4 heterocycles. The summed E-state index contributed by atoms with van der Waals surface area (Å²) >= 11 is 3.67. The number of para-hydroxylation sites is 1. The predicted octanol–water partition coefficient (Wildman–Crippen LogP) is 16.7. The molecule has 0 amide bonds. The number of hydrogen-bond donors (Lipinski definition) is 0. The average molecular weight is 863 g/mol. The number of fused-ring (bicyclic) bond motifs is 12. The average Bonchev–Trinajstić information content (AvgIpc) is 4.05. The zero-order valence-corrected chi connectivity index (χ0v) is 36.4. The van der Waals surface area contributed by atoms with Crippen LogP contribution >= 0.6 is 22.7 Å². The van der Waals surface area contributed by atoms with Gasteiger partial charge in [-0.3, -0.25) is 0 Å². The van der Waals surface area contributed by atoms with E-state index in [0.717, 1.165) is 44.5 Å². The monoisotopic (exact) mass is 862 g/mol. The van der Waals surface area contributed by atoms with Crippen molar-refractivity contribution in [1.82, 2.24) is 19.5 Å². The number of rotatable bonds is 5. The lowest BCUT2D eigenvalue weighted by Crippen LogP contribution is -2.02. The van der Waals surface area contributed by atoms with E-state index in [1.54, 1.807) is 11.3 Å². The molecule has 6 heteroatoms. The van der Waals surface area contributed by atoms with Gasteiger partial charge in [-0.25, -0.2) is 15.0 Å². The maximum Gasteiger partial charge on any atom is 0.164 e. The number of hydrogen-bond acceptors (Lipinski definition) is 5. The maximum absolute atomic E-state index is 5.52. The van der Waals surface area contributed by atoms with Crippen LogP contribution in [0.5, 0.6) is 0 Å². The fourth-order valence-corrected chi connectivity index (χ4v) is 12.5. The highest BCUT2D eigenvalue weighted by Crippen LogP contribution is 2.48. The molecule has 14 aromatic rings. The van der Waals surface area contributed by atoms with Gasteiger partial charge in [-0.1, -0.05) is 146 Å². The SMILES string of the molecule is c1ccc(-c2nc(-c3ccc(-n4c5ccccc5c5cc6ccccc6cc54)cc3-c3cc4ccccc4c4sc5ccccc5c34)nc(-c3cccc4sc5ccccc5c34)n2)cc1. The van der Waals surface area contributed by atoms with E-state index in [1.165, 1.54) is 72.7 Å². The Bertz CT molecular complexity index is 4250. The van der Waals surface area contributed by atoms with Crippen molar-refractivity contribution in [2.45, 2.75) is 0 Å². The number of thiophene rings is 2. The molecule has 302 valence electrons. The minimum atomic E-state index is 0.626.